The second kappa shape index (κ2) is 4.50. The van der Waals surface area contributed by atoms with E-state index < -0.39 is 10.0 Å². The predicted octanol–water partition coefficient (Wildman–Crippen LogP) is 2.35. The maximum atomic E-state index is 11.1. The van der Waals surface area contributed by atoms with Gasteiger partial charge in [0, 0.05) is 11.1 Å². The van der Waals surface area contributed by atoms with Crippen LogP contribution < -0.4 is 4.72 Å². The largest absolute Gasteiger partial charge is 0.284 e. The van der Waals surface area contributed by atoms with E-state index in [0.29, 0.717) is 11.6 Å². The van der Waals surface area contributed by atoms with Crippen LogP contribution >= 0.6 is 11.6 Å². The van der Waals surface area contributed by atoms with Crippen molar-refractivity contribution < 1.29 is 8.42 Å². The minimum absolute atomic E-state index is 0.360. The molecule has 6 heteroatoms. The summed E-state index contributed by atoms with van der Waals surface area (Å²) in [4.78, 5) is 4.32. The molecule has 0 atom stereocenters. The number of pyridine rings is 1. The highest BCUT2D eigenvalue weighted by molar-refractivity contribution is 7.92. The molecule has 0 saturated heterocycles. The molecule has 0 aliphatic carbocycles. The predicted molar refractivity (Wildman–Crippen MR) is 69.8 cm³/mol. The lowest BCUT2D eigenvalue weighted by atomic mass is 10.2. The Kier molecular flexibility index (Phi) is 3.22. The van der Waals surface area contributed by atoms with E-state index in [4.69, 9.17) is 11.6 Å². The monoisotopic (exact) mass is 270 g/mol. The van der Waals surface area contributed by atoms with E-state index in [2.05, 4.69) is 9.71 Å². The molecule has 0 spiro atoms. The van der Waals surface area contributed by atoms with Crippen LogP contribution in [0.4, 0.5) is 5.69 Å². The molecule has 0 bridgehead atoms. The summed E-state index contributed by atoms with van der Waals surface area (Å²) in [7, 11) is -3.25. The molecule has 1 aromatic heterocycles. The lowest BCUT2D eigenvalue weighted by Gasteiger charge is -2.05. The summed E-state index contributed by atoms with van der Waals surface area (Å²) in [5.74, 6) is 0.360. The molecule has 0 aliphatic heterocycles. The van der Waals surface area contributed by atoms with Crippen molar-refractivity contribution in [1.82, 2.24) is 4.98 Å². The first-order valence-corrected chi connectivity index (χ1v) is 7.34. The highest BCUT2D eigenvalue weighted by Crippen LogP contribution is 2.19. The zero-order valence-electron chi connectivity index (χ0n) is 9.14. The number of nitrogens with one attached hydrogen (secondary N) is 1. The van der Waals surface area contributed by atoms with Crippen molar-refractivity contribution in [3.8, 4) is 0 Å². The molecule has 1 aromatic carbocycles. The van der Waals surface area contributed by atoms with Crippen LogP contribution in [0.1, 0.15) is 5.69 Å². The van der Waals surface area contributed by atoms with Crippen molar-refractivity contribution in [2.24, 2.45) is 0 Å². The average Bonchev–Trinajstić information content (AvgIpc) is 2.26. The molecule has 0 saturated carbocycles. The Morgan fingerprint density at radius 2 is 2.06 bits per heavy atom. The van der Waals surface area contributed by atoms with Gasteiger partial charge in [0.15, 0.2) is 0 Å². The average molecular weight is 271 g/mol. The molecule has 1 N–H and O–H groups in total. The molecule has 1 heterocycles. The lowest BCUT2D eigenvalue weighted by Crippen LogP contribution is -2.09. The fraction of sp³-hybridized carbons (Fsp3) is 0.182. The number of hydrogen-bond donors (Lipinski definition) is 1. The summed E-state index contributed by atoms with van der Waals surface area (Å²) in [6, 6.07) is 8.86. The molecule has 0 fully saturated rings. The van der Waals surface area contributed by atoms with E-state index in [9.17, 15) is 8.42 Å². The standard InChI is InChI=1S/C11H11ClN2O2S/c1-17(15,16)14-9-4-5-11-8(6-9)2-3-10(7-12)13-11/h2-6,14H,7H2,1H3. The number of benzene rings is 1. The third-order valence-corrected chi connectivity index (χ3v) is 3.07. The number of sulfonamides is 1. The van der Waals surface area contributed by atoms with Crippen molar-refractivity contribution >= 4 is 38.2 Å². The molecule has 0 radical (unpaired) electrons. The van der Waals surface area contributed by atoms with E-state index in [0.717, 1.165) is 22.9 Å². The fourth-order valence-electron chi connectivity index (χ4n) is 1.52. The van der Waals surface area contributed by atoms with E-state index in [-0.39, 0.29) is 0 Å². The summed E-state index contributed by atoms with van der Waals surface area (Å²) in [5, 5.41) is 0.868. The minimum atomic E-state index is -3.25. The van der Waals surface area contributed by atoms with Crippen LogP contribution in [0.2, 0.25) is 0 Å². The normalized spacial score (nSPS) is 11.6. The van der Waals surface area contributed by atoms with Crippen LogP contribution in [-0.2, 0) is 15.9 Å². The second-order valence-corrected chi connectivity index (χ2v) is 5.73. The molecule has 4 nitrogen and oxygen atoms in total. The van der Waals surface area contributed by atoms with Gasteiger partial charge in [0.05, 0.1) is 23.3 Å². The highest BCUT2D eigenvalue weighted by atomic mass is 35.5. The van der Waals surface area contributed by atoms with Crippen molar-refractivity contribution in [3.63, 3.8) is 0 Å². The van der Waals surface area contributed by atoms with E-state index >= 15 is 0 Å². The third kappa shape index (κ3) is 3.08. The van der Waals surface area contributed by atoms with Gasteiger partial charge >= 0.3 is 0 Å². The van der Waals surface area contributed by atoms with E-state index in [1.165, 1.54) is 0 Å². The van der Waals surface area contributed by atoms with E-state index in [1.807, 2.05) is 12.1 Å². The molecule has 90 valence electrons. The van der Waals surface area contributed by atoms with Crippen molar-refractivity contribution in [1.29, 1.82) is 0 Å². The van der Waals surface area contributed by atoms with Crippen LogP contribution in [0.15, 0.2) is 30.3 Å². The first kappa shape index (κ1) is 12.1. The Balaban J connectivity index is 2.45. The van der Waals surface area contributed by atoms with Gasteiger partial charge in [-0.1, -0.05) is 6.07 Å². The number of nitrogens with zero attached hydrogens (tertiary/aromatic N) is 1. The maximum absolute atomic E-state index is 11.1. The van der Waals surface area contributed by atoms with Gasteiger partial charge in [-0.15, -0.1) is 11.6 Å². The number of aromatic nitrogens is 1. The molecule has 0 unspecified atom stereocenters. The zero-order chi connectivity index (χ0) is 12.5. The van der Waals surface area contributed by atoms with Gasteiger partial charge < -0.3 is 0 Å². The van der Waals surface area contributed by atoms with Gasteiger partial charge in [0.25, 0.3) is 0 Å². The Morgan fingerprint density at radius 3 is 2.71 bits per heavy atom. The maximum Gasteiger partial charge on any atom is 0.229 e. The van der Waals surface area contributed by atoms with Gasteiger partial charge in [0.2, 0.25) is 10.0 Å². The van der Waals surface area contributed by atoms with Gasteiger partial charge in [-0.25, -0.2) is 8.42 Å². The lowest BCUT2D eigenvalue weighted by molar-refractivity contribution is 0.607. The van der Waals surface area contributed by atoms with Crippen LogP contribution in [0.25, 0.3) is 10.9 Å². The summed E-state index contributed by atoms with van der Waals surface area (Å²) < 4.78 is 24.6. The Labute approximate surface area is 105 Å². The number of hydrogen-bond acceptors (Lipinski definition) is 3. The van der Waals surface area contributed by atoms with Crippen LogP contribution in [0.5, 0.6) is 0 Å². The van der Waals surface area contributed by atoms with Crippen LogP contribution in [0, 0.1) is 0 Å². The summed E-state index contributed by atoms with van der Waals surface area (Å²) >= 11 is 5.69. The number of halogens is 1. The summed E-state index contributed by atoms with van der Waals surface area (Å²) in [5.41, 5.74) is 2.12. The SMILES string of the molecule is CS(=O)(=O)Nc1ccc2nc(CCl)ccc2c1. The minimum Gasteiger partial charge on any atom is -0.284 e. The number of anilines is 1. The Hall–Kier alpha value is -1.33. The fourth-order valence-corrected chi connectivity index (χ4v) is 2.22. The van der Waals surface area contributed by atoms with Gasteiger partial charge in [0.1, 0.15) is 0 Å². The van der Waals surface area contributed by atoms with Crippen molar-refractivity contribution in [2.75, 3.05) is 11.0 Å². The van der Waals surface area contributed by atoms with Crippen molar-refractivity contribution in [2.45, 2.75) is 5.88 Å². The number of rotatable bonds is 3. The first-order valence-electron chi connectivity index (χ1n) is 4.91. The second-order valence-electron chi connectivity index (χ2n) is 3.72. The van der Waals surface area contributed by atoms with Gasteiger partial charge in [-0.3, -0.25) is 9.71 Å². The molecule has 0 amide bonds. The van der Waals surface area contributed by atoms with Gasteiger partial charge in [-0.05, 0) is 24.3 Å². The molecule has 17 heavy (non-hydrogen) atoms. The zero-order valence-corrected chi connectivity index (χ0v) is 10.7. The first-order chi connectivity index (χ1) is 7.98. The highest BCUT2D eigenvalue weighted by Gasteiger charge is 2.03. The summed E-state index contributed by atoms with van der Waals surface area (Å²) in [6.45, 7) is 0. The third-order valence-electron chi connectivity index (χ3n) is 2.19. The molecule has 2 rings (SSSR count). The number of alkyl halides is 1. The smallest absolute Gasteiger partial charge is 0.229 e. The summed E-state index contributed by atoms with van der Waals surface area (Å²) in [6.07, 6.45) is 1.12. The number of fused-ring (bicyclic) bond motifs is 1. The van der Waals surface area contributed by atoms with Gasteiger partial charge in [-0.2, -0.15) is 0 Å². The van der Waals surface area contributed by atoms with Crippen LogP contribution in [0.3, 0.4) is 0 Å². The van der Waals surface area contributed by atoms with E-state index in [1.54, 1.807) is 18.2 Å². The van der Waals surface area contributed by atoms with Crippen molar-refractivity contribution in [3.05, 3.63) is 36.0 Å². The molecular formula is C11H11ClN2O2S. The quantitative estimate of drug-likeness (QED) is 0.871. The molecular weight excluding hydrogens is 260 g/mol. The Morgan fingerprint density at radius 1 is 1.29 bits per heavy atom. The Bertz CT molecular complexity index is 656. The topological polar surface area (TPSA) is 59.1 Å². The molecule has 2 aromatic rings. The molecule has 0 aliphatic rings. The van der Waals surface area contributed by atoms with Crippen LogP contribution in [-0.4, -0.2) is 19.7 Å².